The molecule has 0 radical (unpaired) electrons. The number of hydrogen-bond acceptors (Lipinski definition) is 3. The molecular formula is C17H26N2O. The Morgan fingerprint density at radius 1 is 1.15 bits per heavy atom. The molecule has 3 aliphatic rings. The topological polar surface area (TPSA) is 48.1 Å². The predicted octanol–water partition coefficient (Wildman–Crippen LogP) is 3.64. The first kappa shape index (κ1) is 13.9. The lowest BCUT2D eigenvalue weighted by Gasteiger charge is -2.51. The van der Waals surface area contributed by atoms with Gasteiger partial charge in [0.15, 0.2) is 0 Å². The summed E-state index contributed by atoms with van der Waals surface area (Å²) in [7, 11) is 0. The van der Waals surface area contributed by atoms with Gasteiger partial charge in [-0.05, 0) is 50.0 Å². The van der Waals surface area contributed by atoms with Gasteiger partial charge >= 0.3 is 0 Å². The molecule has 0 aliphatic heterocycles. The van der Waals surface area contributed by atoms with Gasteiger partial charge in [-0.15, -0.1) is 0 Å². The minimum absolute atomic E-state index is 0.138. The number of fused-ring (bicyclic) bond motifs is 3. The Bertz CT molecular complexity index is 442. The number of nitrogens with two attached hydrogens (primary N) is 1. The summed E-state index contributed by atoms with van der Waals surface area (Å²) in [5.74, 6) is 1.28. The van der Waals surface area contributed by atoms with Crippen LogP contribution < -0.4 is 10.5 Å². The van der Waals surface area contributed by atoms with Crippen molar-refractivity contribution in [1.82, 2.24) is 4.98 Å². The van der Waals surface area contributed by atoms with Crippen LogP contribution >= 0.6 is 0 Å². The number of pyridine rings is 1. The van der Waals surface area contributed by atoms with E-state index in [9.17, 15) is 0 Å². The van der Waals surface area contributed by atoms with E-state index in [0.717, 1.165) is 31.7 Å². The summed E-state index contributed by atoms with van der Waals surface area (Å²) in [6.07, 6.45) is 9.07. The lowest BCUT2D eigenvalue weighted by Crippen LogP contribution is -2.53. The lowest BCUT2D eigenvalue weighted by atomic mass is 9.58. The van der Waals surface area contributed by atoms with E-state index in [1.54, 1.807) is 0 Å². The Balaban J connectivity index is 1.59. The Kier molecular flexibility index (Phi) is 3.49. The van der Waals surface area contributed by atoms with E-state index in [1.807, 2.05) is 12.3 Å². The highest BCUT2D eigenvalue weighted by Gasteiger charge is 2.47. The predicted molar refractivity (Wildman–Crippen MR) is 80.9 cm³/mol. The van der Waals surface area contributed by atoms with Crippen molar-refractivity contribution in [2.24, 2.45) is 11.1 Å². The Labute approximate surface area is 121 Å². The number of hydrogen-bond donors (Lipinski definition) is 1. The molecule has 3 heteroatoms. The number of aromatic nitrogens is 1. The van der Waals surface area contributed by atoms with Gasteiger partial charge in [0.25, 0.3) is 0 Å². The third-order valence-electron chi connectivity index (χ3n) is 5.41. The summed E-state index contributed by atoms with van der Waals surface area (Å²) < 4.78 is 5.98. The van der Waals surface area contributed by atoms with E-state index in [2.05, 4.69) is 24.9 Å². The normalized spacial score (nSPS) is 32.6. The number of nitrogens with zero attached hydrogens (tertiary/aromatic N) is 1. The van der Waals surface area contributed by atoms with Crippen LogP contribution in [0.15, 0.2) is 18.3 Å². The quantitative estimate of drug-likeness (QED) is 0.912. The van der Waals surface area contributed by atoms with Crippen LogP contribution in [0.1, 0.15) is 63.9 Å². The molecule has 1 aromatic rings. The van der Waals surface area contributed by atoms with Crippen LogP contribution in [0.25, 0.3) is 0 Å². The molecule has 0 atom stereocenters. The molecule has 3 saturated carbocycles. The molecule has 0 spiro atoms. The molecule has 2 N–H and O–H groups in total. The van der Waals surface area contributed by atoms with Crippen molar-refractivity contribution in [2.75, 3.05) is 6.61 Å². The SMILES string of the molecule is CC(C)c1ccc(OCC23CCC(N)(CC2)CC3)nc1. The molecule has 0 amide bonds. The third-order valence-corrected chi connectivity index (χ3v) is 5.41. The van der Waals surface area contributed by atoms with Gasteiger partial charge in [0.05, 0.1) is 6.61 Å². The molecule has 1 aromatic heterocycles. The van der Waals surface area contributed by atoms with E-state index in [4.69, 9.17) is 10.5 Å². The van der Waals surface area contributed by atoms with Gasteiger partial charge in [-0.1, -0.05) is 19.9 Å². The average molecular weight is 274 g/mol. The Hall–Kier alpha value is -1.09. The van der Waals surface area contributed by atoms with E-state index >= 15 is 0 Å². The fourth-order valence-electron chi connectivity index (χ4n) is 3.55. The molecule has 20 heavy (non-hydrogen) atoms. The van der Waals surface area contributed by atoms with Crippen LogP contribution in [-0.4, -0.2) is 17.1 Å². The largest absolute Gasteiger partial charge is 0.477 e. The van der Waals surface area contributed by atoms with Crippen LogP contribution in [-0.2, 0) is 0 Å². The maximum absolute atomic E-state index is 6.35. The minimum atomic E-state index is 0.138. The smallest absolute Gasteiger partial charge is 0.213 e. The van der Waals surface area contributed by atoms with Crippen molar-refractivity contribution in [3.63, 3.8) is 0 Å². The summed E-state index contributed by atoms with van der Waals surface area (Å²) in [6.45, 7) is 5.16. The maximum Gasteiger partial charge on any atom is 0.213 e. The fourth-order valence-corrected chi connectivity index (χ4v) is 3.55. The van der Waals surface area contributed by atoms with Gasteiger partial charge < -0.3 is 10.5 Å². The zero-order chi connectivity index (χ0) is 14.2. The summed E-state index contributed by atoms with van der Waals surface area (Å²) in [5.41, 5.74) is 8.12. The first-order valence-electron chi connectivity index (χ1n) is 7.88. The fraction of sp³-hybridized carbons (Fsp3) is 0.706. The van der Waals surface area contributed by atoms with Crippen molar-refractivity contribution in [3.05, 3.63) is 23.9 Å². The zero-order valence-electron chi connectivity index (χ0n) is 12.7. The summed E-state index contributed by atoms with van der Waals surface area (Å²) >= 11 is 0. The van der Waals surface area contributed by atoms with Gasteiger partial charge in [0, 0.05) is 23.2 Å². The van der Waals surface area contributed by atoms with Crippen molar-refractivity contribution in [1.29, 1.82) is 0 Å². The number of rotatable bonds is 4. The molecule has 3 aliphatic carbocycles. The second kappa shape index (κ2) is 5.03. The lowest BCUT2D eigenvalue weighted by molar-refractivity contribution is 0.00406. The van der Waals surface area contributed by atoms with Crippen molar-refractivity contribution in [2.45, 2.75) is 63.8 Å². The van der Waals surface area contributed by atoms with Crippen molar-refractivity contribution < 1.29 is 4.74 Å². The van der Waals surface area contributed by atoms with Gasteiger partial charge in [-0.3, -0.25) is 0 Å². The van der Waals surface area contributed by atoms with Crippen LogP contribution in [0.3, 0.4) is 0 Å². The monoisotopic (exact) mass is 274 g/mol. The minimum Gasteiger partial charge on any atom is -0.477 e. The molecule has 110 valence electrons. The van der Waals surface area contributed by atoms with Crippen LogP contribution in [0, 0.1) is 5.41 Å². The molecule has 3 nitrogen and oxygen atoms in total. The number of ether oxygens (including phenoxy) is 1. The molecule has 2 bridgehead atoms. The van der Waals surface area contributed by atoms with E-state index in [0.29, 0.717) is 11.3 Å². The second-order valence-corrected chi connectivity index (χ2v) is 7.24. The second-order valence-electron chi connectivity index (χ2n) is 7.24. The van der Waals surface area contributed by atoms with Crippen LogP contribution in [0.4, 0.5) is 0 Å². The standard InChI is InChI=1S/C17H26N2O/c1-13(2)14-3-4-15(19-11-14)20-12-16-5-8-17(18,9-6-16)10-7-16/h3-4,11,13H,5-10,12,18H2,1-2H3. The molecule has 3 fully saturated rings. The van der Waals surface area contributed by atoms with E-state index in [1.165, 1.54) is 24.8 Å². The molecule has 0 unspecified atom stereocenters. The Morgan fingerprint density at radius 2 is 1.80 bits per heavy atom. The van der Waals surface area contributed by atoms with E-state index in [-0.39, 0.29) is 5.54 Å². The van der Waals surface area contributed by atoms with Gasteiger partial charge in [-0.25, -0.2) is 4.98 Å². The highest BCUT2D eigenvalue weighted by molar-refractivity contribution is 5.20. The van der Waals surface area contributed by atoms with E-state index < -0.39 is 0 Å². The van der Waals surface area contributed by atoms with Gasteiger partial charge in [0.1, 0.15) is 0 Å². The molecule has 0 aromatic carbocycles. The van der Waals surface area contributed by atoms with Gasteiger partial charge in [-0.2, -0.15) is 0 Å². The third kappa shape index (κ3) is 2.69. The summed E-state index contributed by atoms with van der Waals surface area (Å²) in [6, 6.07) is 4.13. The van der Waals surface area contributed by atoms with Crippen LogP contribution in [0.2, 0.25) is 0 Å². The first-order valence-corrected chi connectivity index (χ1v) is 7.88. The molecule has 4 rings (SSSR count). The highest BCUT2D eigenvalue weighted by Crippen LogP contribution is 2.51. The molecular weight excluding hydrogens is 248 g/mol. The molecule has 0 saturated heterocycles. The van der Waals surface area contributed by atoms with Crippen molar-refractivity contribution >= 4 is 0 Å². The summed E-state index contributed by atoms with van der Waals surface area (Å²) in [5, 5.41) is 0. The summed E-state index contributed by atoms with van der Waals surface area (Å²) in [4.78, 5) is 4.43. The highest BCUT2D eigenvalue weighted by atomic mass is 16.5. The first-order chi connectivity index (χ1) is 9.50. The van der Waals surface area contributed by atoms with Crippen LogP contribution in [0.5, 0.6) is 5.88 Å². The molecule has 1 heterocycles. The zero-order valence-corrected chi connectivity index (χ0v) is 12.7. The Morgan fingerprint density at radius 3 is 2.30 bits per heavy atom. The maximum atomic E-state index is 6.35. The average Bonchev–Trinajstić information content (AvgIpc) is 2.47. The van der Waals surface area contributed by atoms with Gasteiger partial charge in [0.2, 0.25) is 5.88 Å². The van der Waals surface area contributed by atoms with Crippen molar-refractivity contribution in [3.8, 4) is 5.88 Å².